The van der Waals surface area contributed by atoms with Crippen LogP contribution >= 0.6 is 0 Å². The lowest BCUT2D eigenvalue weighted by atomic mass is 9.73. The van der Waals surface area contributed by atoms with Gasteiger partial charge in [-0.3, -0.25) is 14.4 Å². The van der Waals surface area contributed by atoms with Crippen LogP contribution in [-0.4, -0.2) is 82.5 Å². The van der Waals surface area contributed by atoms with Crippen molar-refractivity contribution in [3.05, 3.63) is 114 Å². The van der Waals surface area contributed by atoms with Crippen LogP contribution in [0.5, 0.6) is 0 Å². The molecule has 11 nitrogen and oxygen atoms in total. The molecule has 0 aliphatic rings. The molecule has 0 spiro atoms. The Labute approximate surface area is 268 Å². The number of carbonyl (C=O) groups is 4. The lowest BCUT2D eigenvalue weighted by molar-refractivity contribution is -0.134. The highest BCUT2D eigenvalue weighted by Crippen LogP contribution is 2.30. The Morgan fingerprint density at radius 1 is 0.848 bits per heavy atom. The minimum Gasteiger partial charge on any atom is -0.391 e. The van der Waals surface area contributed by atoms with Crippen LogP contribution in [0.2, 0.25) is 0 Å². The minimum atomic E-state index is -2.14. The number of amides is 5. The molecule has 3 unspecified atom stereocenters. The molecule has 5 amide bonds. The van der Waals surface area contributed by atoms with E-state index in [1.807, 2.05) is 48.5 Å². The molecule has 0 radical (unpaired) electrons. The van der Waals surface area contributed by atoms with Crippen LogP contribution in [0.15, 0.2) is 97.1 Å². The van der Waals surface area contributed by atoms with Gasteiger partial charge in [-0.2, -0.15) is 0 Å². The second-order valence-corrected chi connectivity index (χ2v) is 11.5. The van der Waals surface area contributed by atoms with Crippen molar-refractivity contribution in [1.82, 2.24) is 20.1 Å². The van der Waals surface area contributed by atoms with E-state index in [1.165, 1.54) is 15.9 Å². The molecule has 3 aromatic carbocycles. The molecule has 1 heterocycles. The number of nitrogens with zero attached hydrogens (tertiary/aromatic N) is 3. The van der Waals surface area contributed by atoms with E-state index in [0.29, 0.717) is 17.5 Å². The normalized spacial score (nSPS) is 13.6. The molecule has 0 bridgehead atoms. The van der Waals surface area contributed by atoms with Gasteiger partial charge in [0.05, 0.1) is 18.0 Å². The molecule has 0 aliphatic carbocycles. The third kappa shape index (κ3) is 8.24. The predicted octanol–water partition coefficient (Wildman–Crippen LogP) is 2.51. The van der Waals surface area contributed by atoms with Gasteiger partial charge in [0.1, 0.15) is 11.2 Å². The van der Waals surface area contributed by atoms with Crippen LogP contribution in [0.3, 0.4) is 0 Å². The van der Waals surface area contributed by atoms with Crippen molar-refractivity contribution in [1.29, 1.82) is 0 Å². The quantitative estimate of drug-likeness (QED) is 0.168. The predicted molar refractivity (Wildman–Crippen MR) is 175 cm³/mol. The third-order valence-electron chi connectivity index (χ3n) is 8.03. The molecule has 0 saturated carbocycles. The molecule has 4 aromatic rings. The number of benzene rings is 3. The largest absolute Gasteiger partial charge is 0.391 e. The summed E-state index contributed by atoms with van der Waals surface area (Å²) < 4.78 is 0. The fraction of sp³-hybridized carbons (Fsp3) is 0.286. The van der Waals surface area contributed by atoms with Gasteiger partial charge in [-0.15, -0.1) is 0 Å². The van der Waals surface area contributed by atoms with Crippen LogP contribution in [0, 0.1) is 5.92 Å². The molecule has 1 aromatic heterocycles. The molecule has 6 N–H and O–H groups in total. The van der Waals surface area contributed by atoms with Crippen LogP contribution in [0.1, 0.15) is 28.0 Å². The number of rotatable bonds is 14. The van der Waals surface area contributed by atoms with Gasteiger partial charge in [-0.25, -0.2) is 9.78 Å². The van der Waals surface area contributed by atoms with E-state index in [-0.39, 0.29) is 31.2 Å². The smallest absolute Gasteiger partial charge is 0.319 e. The summed E-state index contributed by atoms with van der Waals surface area (Å²) in [6.45, 7) is 0.0299. The highest BCUT2D eigenvalue weighted by atomic mass is 16.3. The molecule has 0 saturated heterocycles. The van der Waals surface area contributed by atoms with E-state index < -0.39 is 41.7 Å². The number of urea groups is 1. The zero-order valence-corrected chi connectivity index (χ0v) is 26.0. The summed E-state index contributed by atoms with van der Waals surface area (Å²) in [5.74, 6) is -3.93. The number of aliphatic hydroxyl groups excluding tert-OH is 1. The summed E-state index contributed by atoms with van der Waals surface area (Å²) in [6.07, 6.45) is -1.60. The number of primary amides is 2. The fourth-order valence-electron chi connectivity index (χ4n) is 5.65. The molecule has 0 fully saturated rings. The number of pyridine rings is 1. The van der Waals surface area contributed by atoms with Crippen molar-refractivity contribution in [2.75, 3.05) is 27.2 Å². The average molecular weight is 625 g/mol. The Hall–Kier alpha value is -5.29. The van der Waals surface area contributed by atoms with Crippen molar-refractivity contribution >= 4 is 34.7 Å². The fourth-order valence-corrected chi connectivity index (χ4v) is 5.65. The Balaban J connectivity index is 1.75. The maximum absolute atomic E-state index is 13.8. The summed E-state index contributed by atoms with van der Waals surface area (Å²) in [7, 11) is 3.20. The first-order chi connectivity index (χ1) is 22.0. The SMILES string of the molecule is CN(C)C(=O)N(CCc1ccccc1)CC(O)C(Cc1ccccc1)C(CC(N)=O)(NC(=O)c1ccc2ccccc2n1)C(N)=O. The van der Waals surface area contributed by atoms with Crippen LogP contribution in [0.4, 0.5) is 4.79 Å². The number of hydrogen-bond acceptors (Lipinski definition) is 6. The minimum absolute atomic E-state index is 0.0194. The number of aromatic nitrogens is 1. The third-order valence-corrected chi connectivity index (χ3v) is 8.03. The van der Waals surface area contributed by atoms with Crippen LogP contribution in [-0.2, 0) is 22.4 Å². The zero-order chi connectivity index (χ0) is 33.3. The van der Waals surface area contributed by atoms with Gasteiger partial charge in [0.2, 0.25) is 11.8 Å². The highest BCUT2D eigenvalue weighted by Gasteiger charge is 2.50. The van der Waals surface area contributed by atoms with Crippen molar-refractivity contribution in [2.24, 2.45) is 17.4 Å². The average Bonchev–Trinajstić information content (AvgIpc) is 3.05. The maximum atomic E-state index is 13.8. The van der Waals surface area contributed by atoms with Crippen LogP contribution in [0.25, 0.3) is 10.9 Å². The lowest BCUT2D eigenvalue weighted by Gasteiger charge is -2.42. The van der Waals surface area contributed by atoms with E-state index in [2.05, 4.69) is 10.3 Å². The first-order valence-corrected chi connectivity index (χ1v) is 15.0. The number of aliphatic hydroxyl groups is 1. The Morgan fingerprint density at radius 3 is 2.07 bits per heavy atom. The molecular formula is C35H40N6O5. The Morgan fingerprint density at radius 2 is 1.46 bits per heavy atom. The summed E-state index contributed by atoms with van der Waals surface area (Å²) in [5.41, 5.74) is 11.8. The van der Waals surface area contributed by atoms with Gasteiger partial charge >= 0.3 is 6.03 Å². The summed E-state index contributed by atoms with van der Waals surface area (Å²) in [5, 5.41) is 15.4. The monoisotopic (exact) mass is 624 g/mol. The number of hydrogen-bond donors (Lipinski definition) is 4. The van der Waals surface area contributed by atoms with Crippen molar-refractivity contribution in [2.45, 2.75) is 30.9 Å². The molecule has 11 heteroatoms. The molecule has 4 rings (SSSR count). The second-order valence-electron chi connectivity index (χ2n) is 11.5. The molecular weight excluding hydrogens is 584 g/mol. The van der Waals surface area contributed by atoms with Crippen LogP contribution < -0.4 is 16.8 Å². The topological polar surface area (TPSA) is 172 Å². The first-order valence-electron chi connectivity index (χ1n) is 15.0. The Kier molecular flexibility index (Phi) is 11.1. The van der Waals surface area contributed by atoms with E-state index in [4.69, 9.17) is 11.5 Å². The van der Waals surface area contributed by atoms with Gasteiger partial charge in [0, 0.05) is 38.5 Å². The Bertz CT molecular complexity index is 1670. The van der Waals surface area contributed by atoms with Gasteiger partial charge in [-0.05, 0) is 36.1 Å². The number of para-hydroxylation sites is 1. The number of fused-ring (bicyclic) bond motifs is 1. The highest BCUT2D eigenvalue weighted by molar-refractivity contribution is 6.01. The summed E-state index contributed by atoms with van der Waals surface area (Å²) in [6, 6.07) is 28.6. The number of nitrogens with one attached hydrogen (secondary N) is 1. The number of nitrogens with two attached hydrogens (primary N) is 2. The van der Waals surface area contributed by atoms with Crippen molar-refractivity contribution in [3.63, 3.8) is 0 Å². The van der Waals surface area contributed by atoms with E-state index in [9.17, 15) is 24.3 Å². The summed E-state index contributed by atoms with van der Waals surface area (Å²) >= 11 is 0. The summed E-state index contributed by atoms with van der Waals surface area (Å²) in [4.78, 5) is 60.4. The van der Waals surface area contributed by atoms with Gasteiger partial charge < -0.3 is 31.7 Å². The van der Waals surface area contributed by atoms with Gasteiger partial charge in [-0.1, -0.05) is 84.9 Å². The standard InChI is InChI=1S/C35H40N6O5/c1-40(2)34(46)41(20-19-24-11-5-3-6-12-24)23-30(42)27(21-25-13-7-4-8-14-25)35(33(37)45,22-31(36)43)39-32(44)29-18-17-26-15-9-10-16-28(26)38-29/h3-18,27,30,42H,19-23H2,1-2H3,(H2,36,43)(H2,37,45)(H,39,44). The van der Waals surface area contributed by atoms with Crippen molar-refractivity contribution in [3.8, 4) is 0 Å². The maximum Gasteiger partial charge on any atom is 0.319 e. The van der Waals surface area contributed by atoms with E-state index in [0.717, 1.165) is 10.9 Å². The van der Waals surface area contributed by atoms with E-state index >= 15 is 0 Å². The molecule has 0 aliphatic heterocycles. The number of carbonyl (C=O) groups excluding carboxylic acids is 4. The van der Waals surface area contributed by atoms with Gasteiger partial charge in [0.15, 0.2) is 0 Å². The van der Waals surface area contributed by atoms with Crippen molar-refractivity contribution < 1.29 is 24.3 Å². The second kappa shape index (κ2) is 15.1. The lowest BCUT2D eigenvalue weighted by Crippen LogP contribution is -2.67. The molecule has 46 heavy (non-hydrogen) atoms. The molecule has 3 atom stereocenters. The van der Waals surface area contributed by atoms with Gasteiger partial charge in [0.25, 0.3) is 5.91 Å². The zero-order valence-electron chi connectivity index (χ0n) is 26.0. The van der Waals surface area contributed by atoms with E-state index in [1.54, 1.807) is 56.6 Å². The first kappa shape index (κ1) is 33.6. The molecule has 240 valence electrons.